The number of aliphatic carboxylic acids is 1. The van der Waals surface area contributed by atoms with E-state index in [1.54, 1.807) is 56.5 Å². The third kappa shape index (κ3) is 5.06. The molecule has 7 heteroatoms. The number of nitrogen functional groups attached to an aromatic ring is 1. The summed E-state index contributed by atoms with van der Waals surface area (Å²) < 4.78 is 5.07. The predicted octanol–water partition coefficient (Wildman–Crippen LogP) is 1.88. The quantitative estimate of drug-likeness (QED) is 0.466. The number of para-hydroxylation sites is 1. The molecule has 1 atom stereocenters. The first kappa shape index (κ1) is 23.1. The van der Waals surface area contributed by atoms with E-state index >= 15 is 0 Å². The average Bonchev–Trinajstić information content (AvgIpc) is 2.56. The zero-order valence-electron chi connectivity index (χ0n) is 14.6. The predicted molar refractivity (Wildman–Crippen MR) is 97.3 cm³/mol. The maximum atomic E-state index is 12.6. The molecule has 2 rings (SSSR count). The van der Waals surface area contributed by atoms with Crippen molar-refractivity contribution in [3.63, 3.8) is 0 Å². The van der Waals surface area contributed by atoms with Gasteiger partial charge in [-0.1, -0.05) is 19.1 Å². The van der Waals surface area contributed by atoms with Crippen molar-refractivity contribution in [3.05, 3.63) is 59.2 Å². The van der Waals surface area contributed by atoms with Crippen LogP contribution in [0.2, 0.25) is 0 Å². The van der Waals surface area contributed by atoms with Crippen molar-refractivity contribution in [1.29, 1.82) is 0 Å². The van der Waals surface area contributed by atoms with Gasteiger partial charge in [-0.2, -0.15) is 0 Å². The van der Waals surface area contributed by atoms with Crippen LogP contribution in [0.4, 0.5) is 5.69 Å². The minimum atomic E-state index is -0.951. The monoisotopic (exact) mass is 354 g/mol. The van der Waals surface area contributed by atoms with Gasteiger partial charge in [0, 0.05) is 46.4 Å². The van der Waals surface area contributed by atoms with Crippen molar-refractivity contribution >= 4 is 47.0 Å². The first-order chi connectivity index (χ1) is 11.0. The summed E-state index contributed by atoms with van der Waals surface area (Å²) in [5.41, 5.74) is 7.56. The first-order valence-electron chi connectivity index (χ1n) is 7.29. The molecule has 0 amide bonds. The van der Waals surface area contributed by atoms with Gasteiger partial charge in [0.25, 0.3) is 0 Å². The van der Waals surface area contributed by atoms with Crippen molar-refractivity contribution in [3.8, 4) is 5.75 Å². The van der Waals surface area contributed by atoms with Crippen LogP contribution >= 0.6 is 0 Å². The molecule has 5 N–H and O–H groups in total. The van der Waals surface area contributed by atoms with Gasteiger partial charge in [0.2, 0.25) is 0 Å². The van der Waals surface area contributed by atoms with Gasteiger partial charge >= 0.3 is 5.97 Å². The van der Waals surface area contributed by atoms with Crippen LogP contribution in [0, 0.1) is 0 Å². The van der Waals surface area contributed by atoms with Crippen LogP contribution in [-0.4, -0.2) is 59.0 Å². The topological polar surface area (TPSA) is 121 Å². The maximum absolute atomic E-state index is 12.6. The molecule has 2 aromatic rings. The summed E-state index contributed by atoms with van der Waals surface area (Å²) in [6, 6.07) is 11.6. The first-order valence-corrected chi connectivity index (χ1v) is 7.29. The molecule has 0 aliphatic heterocycles. The van der Waals surface area contributed by atoms with Crippen LogP contribution < -0.4 is 10.5 Å². The fraction of sp³-hybridized carbons (Fsp3) is 0.222. The number of hydrogen-bond acceptors (Lipinski definition) is 4. The molecule has 0 bridgehead atoms. The van der Waals surface area contributed by atoms with Gasteiger partial charge in [-0.15, -0.1) is 0 Å². The fourth-order valence-electron chi connectivity index (χ4n) is 2.51. The van der Waals surface area contributed by atoms with Crippen LogP contribution in [0.15, 0.2) is 42.5 Å². The molecule has 0 saturated carbocycles. The Bertz CT molecular complexity index is 731. The molecular weight excluding hydrogens is 333 g/mol. The number of hydrogen-bond donors (Lipinski definition) is 2. The molecule has 1 unspecified atom stereocenters. The van der Waals surface area contributed by atoms with Gasteiger partial charge in [0.1, 0.15) is 5.75 Å². The van der Waals surface area contributed by atoms with E-state index in [2.05, 4.69) is 0 Å². The van der Waals surface area contributed by atoms with E-state index in [1.807, 2.05) is 0 Å². The number of ether oxygens (including phenoxy) is 1. The summed E-state index contributed by atoms with van der Waals surface area (Å²) in [5, 5.41) is 9.30. The second-order valence-corrected chi connectivity index (χ2v) is 5.17. The van der Waals surface area contributed by atoms with Gasteiger partial charge in [0.05, 0.1) is 13.0 Å². The second-order valence-electron chi connectivity index (χ2n) is 5.17. The molecule has 1 radical (unpaired) electrons. The number of methoxy groups -OCH3 is 1. The Morgan fingerprint density at radius 3 is 2.24 bits per heavy atom. The summed E-state index contributed by atoms with van der Waals surface area (Å²) in [6.45, 7) is 1.77. The Kier molecular flexibility index (Phi) is 9.44. The van der Waals surface area contributed by atoms with Crippen molar-refractivity contribution in [2.24, 2.45) is 0 Å². The Morgan fingerprint density at radius 1 is 1.16 bits per heavy atom. The van der Waals surface area contributed by atoms with E-state index in [4.69, 9.17) is 10.5 Å². The fourth-order valence-corrected chi connectivity index (χ4v) is 2.51. The molecule has 0 fully saturated rings. The minimum absolute atomic E-state index is 0. The smallest absolute Gasteiger partial charge is 0.311 e. The van der Waals surface area contributed by atoms with E-state index < -0.39 is 11.9 Å². The zero-order valence-corrected chi connectivity index (χ0v) is 16.6. The van der Waals surface area contributed by atoms with Crippen molar-refractivity contribution in [2.45, 2.75) is 19.3 Å². The van der Waals surface area contributed by atoms with Crippen molar-refractivity contribution in [2.75, 3.05) is 12.8 Å². The number of anilines is 1. The van der Waals surface area contributed by atoms with E-state index in [-0.39, 0.29) is 46.5 Å². The molecule has 25 heavy (non-hydrogen) atoms. The zero-order chi connectivity index (χ0) is 17.0. The van der Waals surface area contributed by atoms with Gasteiger partial charge in [-0.3, -0.25) is 9.59 Å². The Morgan fingerprint density at radius 2 is 1.76 bits per heavy atom. The van der Waals surface area contributed by atoms with Crippen molar-refractivity contribution in [1.82, 2.24) is 0 Å². The van der Waals surface area contributed by atoms with Gasteiger partial charge in [-0.05, 0) is 42.3 Å². The van der Waals surface area contributed by atoms with Crippen LogP contribution in [0.1, 0.15) is 40.7 Å². The number of carboxylic acid groups (broad SMARTS) is 1. The molecule has 0 aromatic heterocycles. The third-order valence-electron chi connectivity index (χ3n) is 3.82. The average molecular weight is 354 g/mol. The Balaban J connectivity index is 0.00000288. The number of ketones is 1. The van der Waals surface area contributed by atoms with E-state index in [0.29, 0.717) is 28.9 Å². The standard InChI is InChI=1S/C18H19NO4.Na.H2O/c1-3-13(18(21)22)14-5-4-6-15(16(14)19)17(20)11-7-9-12(23-2)10-8-11;;/h4-10,13H,3,19H2,1-2H3,(H,21,22);;1H2. The summed E-state index contributed by atoms with van der Waals surface area (Å²) in [5.74, 6) is -1.26. The van der Waals surface area contributed by atoms with Crippen LogP contribution in [0.3, 0.4) is 0 Å². The molecular formula is C18H21NNaO5. The molecule has 6 nitrogen and oxygen atoms in total. The number of rotatable bonds is 6. The Labute approximate surface area is 168 Å². The van der Waals surface area contributed by atoms with E-state index in [9.17, 15) is 14.7 Å². The van der Waals surface area contributed by atoms with Gasteiger partial charge in [0.15, 0.2) is 5.78 Å². The van der Waals surface area contributed by atoms with Crippen LogP contribution in [-0.2, 0) is 4.79 Å². The van der Waals surface area contributed by atoms with Gasteiger partial charge < -0.3 is 21.1 Å². The molecule has 0 saturated heterocycles. The molecule has 0 aliphatic rings. The second kappa shape index (κ2) is 10.2. The molecule has 2 aromatic carbocycles. The van der Waals surface area contributed by atoms with E-state index in [1.165, 1.54) is 0 Å². The summed E-state index contributed by atoms with van der Waals surface area (Å²) >= 11 is 0. The minimum Gasteiger partial charge on any atom is -0.497 e. The maximum Gasteiger partial charge on any atom is 0.311 e. The van der Waals surface area contributed by atoms with Gasteiger partial charge in [-0.25, -0.2) is 0 Å². The number of carbonyl (C=O) groups is 2. The number of benzene rings is 2. The van der Waals surface area contributed by atoms with Crippen LogP contribution in [0.5, 0.6) is 5.75 Å². The third-order valence-corrected chi connectivity index (χ3v) is 3.82. The summed E-state index contributed by atoms with van der Waals surface area (Å²) in [7, 11) is 1.55. The number of nitrogens with two attached hydrogens (primary N) is 1. The van der Waals surface area contributed by atoms with Crippen LogP contribution in [0.25, 0.3) is 0 Å². The molecule has 0 aliphatic carbocycles. The number of carboxylic acids is 1. The van der Waals surface area contributed by atoms with E-state index in [0.717, 1.165) is 0 Å². The number of carbonyl (C=O) groups excluding carboxylic acids is 1. The molecule has 129 valence electrons. The summed E-state index contributed by atoms with van der Waals surface area (Å²) in [4.78, 5) is 24.0. The Hall–Kier alpha value is -1.86. The largest absolute Gasteiger partial charge is 0.497 e. The molecule has 0 spiro atoms. The summed E-state index contributed by atoms with van der Waals surface area (Å²) in [6.07, 6.45) is 0.402. The normalized spacial score (nSPS) is 10.8. The SMILES string of the molecule is CCC(C(=O)O)c1cccc(C(=O)c2ccc(OC)cc2)c1N.O.[Na]. The van der Waals surface area contributed by atoms with Crippen molar-refractivity contribution < 1.29 is 24.9 Å². The molecule has 0 heterocycles.